The minimum Gasteiger partial charge on any atom is -0.406 e. The van der Waals surface area contributed by atoms with Gasteiger partial charge in [0.25, 0.3) is 0 Å². The first-order valence-electron chi connectivity index (χ1n) is 14.6. The van der Waals surface area contributed by atoms with Gasteiger partial charge in [-0.2, -0.15) is 5.10 Å². The number of carbonyl (C=O) groups is 3. The summed E-state index contributed by atoms with van der Waals surface area (Å²) in [5.74, 6) is -1.25. The smallest absolute Gasteiger partial charge is 0.333 e. The van der Waals surface area contributed by atoms with Crippen molar-refractivity contribution in [2.45, 2.75) is 57.8 Å². The van der Waals surface area contributed by atoms with Crippen molar-refractivity contribution in [3.63, 3.8) is 0 Å². The SMILES string of the molecule is CCc1cccc(-n2cc(CCCN3CCC(c4c5n(c6ccc(C(N)=O)cc46)OC(=O)CCC(=O)O5)CC3)cn2)c1. The summed E-state index contributed by atoms with van der Waals surface area (Å²) < 4.78 is 9.00. The number of rotatable bonds is 8. The molecule has 4 aromatic rings. The molecule has 2 aromatic heterocycles. The maximum atomic E-state index is 12.5. The lowest BCUT2D eigenvalue weighted by atomic mass is 9.88. The first-order chi connectivity index (χ1) is 20.4. The Labute approximate surface area is 243 Å². The maximum absolute atomic E-state index is 12.5. The summed E-state index contributed by atoms with van der Waals surface area (Å²) in [7, 11) is 0. The third-order valence-electron chi connectivity index (χ3n) is 8.30. The van der Waals surface area contributed by atoms with Gasteiger partial charge in [-0.25, -0.2) is 9.48 Å². The summed E-state index contributed by atoms with van der Waals surface area (Å²) in [5.41, 5.74) is 10.9. The van der Waals surface area contributed by atoms with E-state index < -0.39 is 17.8 Å². The fourth-order valence-electron chi connectivity index (χ4n) is 6.01. The maximum Gasteiger partial charge on any atom is 0.333 e. The normalized spacial score (nSPS) is 16.5. The van der Waals surface area contributed by atoms with E-state index >= 15 is 0 Å². The molecule has 0 atom stereocenters. The molecular formula is C32H35N5O5. The van der Waals surface area contributed by atoms with Crippen LogP contribution in [0.25, 0.3) is 16.6 Å². The first-order valence-corrected chi connectivity index (χ1v) is 14.6. The van der Waals surface area contributed by atoms with Crippen molar-refractivity contribution in [3.05, 3.63) is 77.1 Å². The Morgan fingerprint density at radius 2 is 1.86 bits per heavy atom. The largest absolute Gasteiger partial charge is 0.406 e. The molecule has 0 unspecified atom stereocenters. The van der Waals surface area contributed by atoms with Crippen LogP contribution in [0.15, 0.2) is 54.9 Å². The lowest BCUT2D eigenvalue weighted by Crippen LogP contribution is -2.34. The predicted octanol–water partition coefficient (Wildman–Crippen LogP) is 3.95. The molecule has 0 aliphatic carbocycles. The quantitative estimate of drug-likeness (QED) is 0.319. The molecule has 2 N–H and O–H groups in total. The number of aromatic nitrogens is 3. The molecule has 6 rings (SSSR count). The van der Waals surface area contributed by atoms with Crippen LogP contribution in [0.4, 0.5) is 0 Å². The third kappa shape index (κ3) is 5.67. The number of esters is 1. The van der Waals surface area contributed by atoms with Crippen LogP contribution in [0.3, 0.4) is 0 Å². The van der Waals surface area contributed by atoms with Gasteiger partial charge in [-0.3, -0.25) is 9.59 Å². The van der Waals surface area contributed by atoms with Crippen LogP contribution in [0.1, 0.15) is 72.0 Å². The monoisotopic (exact) mass is 569 g/mol. The number of primary amides is 1. The molecule has 1 saturated heterocycles. The van der Waals surface area contributed by atoms with Crippen LogP contribution in [0, 0.1) is 0 Å². The Morgan fingerprint density at radius 1 is 1.05 bits per heavy atom. The van der Waals surface area contributed by atoms with Gasteiger partial charge in [0, 0.05) is 22.7 Å². The van der Waals surface area contributed by atoms with E-state index in [0.717, 1.165) is 63.0 Å². The molecule has 42 heavy (non-hydrogen) atoms. The number of amides is 1. The van der Waals surface area contributed by atoms with Crippen molar-refractivity contribution >= 4 is 28.7 Å². The van der Waals surface area contributed by atoms with Gasteiger partial charge in [-0.15, -0.1) is 4.73 Å². The number of piperidine rings is 1. The van der Waals surface area contributed by atoms with Crippen molar-refractivity contribution in [3.8, 4) is 11.6 Å². The second-order valence-corrected chi connectivity index (χ2v) is 11.1. The van der Waals surface area contributed by atoms with Gasteiger partial charge in [0.1, 0.15) is 0 Å². The van der Waals surface area contributed by atoms with E-state index in [1.165, 1.54) is 15.9 Å². The minimum absolute atomic E-state index is 0.0468. The summed E-state index contributed by atoms with van der Waals surface area (Å²) in [6.07, 6.45) is 8.59. The second kappa shape index (κ2) is 11.8. The Bertz CT molecular complexity index is 1650. The first kappa shape index (κ1) is 27.7. The fourth-order valence-corrected chi connectivity index (χ4v) is 6.01. The van der Waals surface area contributed by atoms with Gasteiger partial charge >= 0.3 is 11.9 Å². The molecule has 218 valence electrons. The highest BCUT2D eigenvalue weighted by atomic mass is 16.7. The molecule has 0 radical (unpaired) electrons. The van der Waals surface area contributed by atoms with Gasteiger partial charge in [0.2, 0.25) is 11.8 Å². The highest BCUT2D eigenvalue weighted by Gasteiger charge is 2.33. The molecular weight excluding hydrogens is 534 g/mol. The number of benzene rings is 2. The van der Waals surface area contributed by atoms with Gasteiger partial charge in [-0.1, -0.05) is 19.1 Å². The summed E-state index contributed by atoms with van der Waals surface area (Å²) >= 11 is 0. The lowest BCUT2D eigenvalue weighted by molar-refractivity contribution is -0.151. The zero-order chi connectivity index (χ0) is 29.2. The standard InChI is InChI=1S/C32H35N5O5/c1-2-21-5-3-7-25(17-21)36-20-22(19-34-36)6-4-14-35-15-12-23(13-16-35)30-26-18-24(31(33)40)8-9-27(26)37-32(30)41-28(38)10-11-29(39)42-37/h3,5,7-9,17-20,23H,2,4,6,10-16H2,1H3,(H2,33,40). The zero-order valence-corrected chi connectivity index (χ0v) is 23.8. The summed E-state index contributed by atoms with van der Waals surface area (Å²) in [5, 5.41) is 5.28. The molecule has 4 heterocycles. The van der Waals surface area contributed by atoms with Crippen LogP contribution in [-0.4, -0.2) is 56.9 Å². The second-order valence-electron chi connectivity index (χ2n) is 11.1. The number of aryl methyl sites for hydroxylation is 2. The van der Waals surface area contributed by atoms with Crippen molar-refractivity contribution in [2.24, 2.45) is 5.73 Å². The fraction of sp³-hybridized carbons (Fsp3) is 0.375. The van der Waals surface area contributed by atoms with Gasteiger partial charge in [0.05, 0.1) is 30.2 Å². The van der Waals surface area contributed by atoms with Crippen LogP contribution in [0.2, 0.25) is 0 Å². The van der Waals surface area contributed by atoms with Crippen molar-refractivity contribution in [2.75, 3.05) is 19.6 Å². The van der Waals surface area contributed by atoms with E-state index in [2.05, 4.69) is 47.4 Å². The lowest BCUT2D eigenvalue weighted by Gasteiger charge is -2.32. The van der Waals surface area contributed by atoms with Crippen molar-refractivity contribution in [1.82, 2.24) is 19.4 Å². The van der Waals surface area contributed by atoms with E-state index in [1.807, 2.05) is 10.9 Å². The Hall–Kier alpha value is -4.44. The minimum atomic E-state index is -0.551. The van der Waals surface area contributed by atoms with E-state index in [-0.39, 0.29) is 24.6 Å². The number of nitrogens with two attached hydrogens (primary N) is 1. The topological polar surface area (TPSA) is 122 Å². The molecule has 2 aliphatic rings. The van der Waals surface area contributed by atoms with E-state index in [0.29, 0.717) is 16.5 Å². The van der Waals surface area contributed by atoms with Crippen molar-refractivity contribution < 1.29 is 24.0 Å². The molecule has 0 bridgehead atoms. The summed E-state index contributed by atoms with van der Waals surface area (Å²) in [4.78, 5) is 44.9. The predicted molar refractivity (Wildman–Crippen MR) is 157 cm³/mol. The summed E-state index contributed by atoms with van der Waals surface area (Å²) in [6, 6.07) is 13.4. The number of ether oxygens (including phenoxy) is 1. The van der Waals surface area contributed by atoms with Crippen molar-refractivity contribution in [1.29, 1.82) is 0 Å². The zero-order valence-electron chi connectivity index (χ0n) is 23.8. The van der Waals surface area contributed by atoms with Crippen LogP contribution in [0.5, 0.6) is 5.88 Å². The van der Waals surface area contributed by atoms with E-state index in [9.17, 15) is 14.4 Å². The van der Waals surface area contributed by atoms with Gasteiger partial charge in [-0.05, 0) is 99.1 Å². The molecule has 0 spiro atoms. The number of fused-ring (bicyclic) bond motifs is 3. The number of hydrogen-bond acceptors (Lipinski definition) is 7. The number of likely N-dealkylation sites (tertiary alicyclic amines) is 1. The van der Waals surface area contributed by atoms with E-state index in [4.69, 9.17) is 15.3 Å². The third-order valence-corrected chi connectivity index (χ3v) is 8.30. The van der Waals surface area contributed by atoms with Crippen LogP contribution in [-0.2, 0) is 22.4 Å². The van der Waals surface area contributed by atoms with Gasteiger partial charge in [0.15, 0.2) is 0 Å². The van der Waals surface area contributed by atoms with Crippen LogP contribution >= 0.6 is 0 Å². The molecule has 1 fully saturated rings. The summed E-state index contributed by atoms with van der Waals surface area (Å²) in [6.45, 7) is 4.88. The Morgan fingerprint density at radius 3 is 2.64 bits per heavy atom. The highest BCUT2D eigenvalue weighted by molar-refractivity contribution is 5.99. The highest BCUT2D eigenvalue weighted by Crippen LogP contribution is 2.42. The molecule has 2 aliphatic heterocycles. The molecule has 10 heteroatoms. The number of nitrogens with zero attached hydrogens (tertiary/aromatic N) is 4. The molecule has 1 amide bonds. The van der Waals surface area contributed by atoms with Gasteiger partial charge < -0.3 is 20.2 Å². The number of hydrogen-bond donors (Lipinski definition) is 1. The average molecular weight is 570 g/mol. The molecule has 0 saturated carbocycles. The van der Waals surface area contributed by atoms with E-state index in [1.54, 1.807) is 18.2 Å². The number of carbonyl (C=O) groups excluding carboxylic acids is 3. The molecule has 10 nitrogen and oxygen atoms in total. The molecule has 2 aromatic carbocycles. The average Bonchev–Trinajstić information content (AvgIpc) is 3.58. The Kier molecular flexibility index (Phi) is 7.80. The van der Waals surface area contributed by atoms with Crippen LogP contribution < -0.4 is 15.3 Å². The Balaban J connectivity index is 1.14.